The molecular formula is C15H14N3OS+. The maximum atomic E-state index is 12.6. The summed E-state index contributed by atoms with van der Waals surface area (Å²) in [6.07, 6.45) is 8.44. The number of hydrogen-bond acceptors (Lipinski definition) is 3. The lowest BCUT2D eigenvalue weighted by molar-refractivity contribution is -0.664. The van der Waals surface area contributed by atoms with Gasteiger partial charge in [0, 0.05) is 5.56 Å². The molecule has 1 aliphatic carbocycles. The van der Waals surface area contributed by atoms with Gasteiger partial charge in [0.25, 0.3) is 0 Å². The van der Waals surface area contributed by atoms with E-state index in [-0.39, 0.29) is 5.56 Å². The highest BCUT2D eigenvalue weighted by Crippen LogP contribution is 2.22. The Morgan fingerprint density at radius 3 is 2.95 bits per heavy atom. The molecule has 3 aromatic rings. The van der Waals surface area contributed by atoms with Crippen molar-refractivity contribution in [3.63, 3.8) is 0 Å². The molecule has 100 valence electrons. The van der Waals surface area contributed by atoms with E-state index < -0.39 is 0 Å². The van der Waals surface area contributed by atoms with Gasteiger partial charge in [-0.15, -0.1) is 0 Å². The third kappa shape index (κ3) is 1.78. The summed E-state index contributed by atoms with van der Waals surface area (Å²) in [5.41, 5.74) is 2.11. The normalized spacial score (nSPS) is 14.4. The summed E-state index contributed by atoms with van der Waals surface area (Å²) < 4.78 is 3.52. The van der Waals surface area contributed by atoms with Crippen molar-refractivity contribution >= 4 is 22.4 Å². The Balaban J connectivity index is 1.92. The van der Waals surface area contributed by atoms with Gasteiger partial charge in [-0.1, -0.05) is 16.8 Å². The largest absolute Gasteiger partial charge is 0.319 e. The van der Waals surface area contributed by atoms with Crippen LogP contribution in [0.1, 0.15) is 23.3 Å². The van der Waals surface area contributed by atoms with E-state index in [0.717, 1.165) is 18.4 Å². The van der Waals surface area contributed by atoms with Gasteiger partial charge in [-0.05, 0) is 41.9 Å². The Kier molecular flexibility index (Phi) is 2.67. The van der Waals surface area contributed by atoms with E-state index in [4.69, 9.17) is 0 Å². The summed E-state index contributed by atoms with van der Waals surface area (Å²) in [5, 5.41) is 0.661. The van der Waals surface area contributed by atoms with Crippen molar-refractivity contribution in [3.8, 4) is 0 Å². The topological polar surface area (TPSA) is 38.8 Å². The minimum atomic E-state index is -0.0146. The summed E-state index contributed by atoms with van der Waals surface area (Å²) in [7, 11) is 0. The molecule has 0 fully saturated rings. The van der Waals surface area contributed by atoms with Crippen LogP contribution in [0, 0.1) is 0 Å². The van der Waals surface area contributed by atoms with Crippen LogP contribution in [0.15, 0.2) is 41.6 Å². The Hall–Kier alpha value is -2.01. The lowest BCUT2D eigenvalue weighted by Crippen LogP contribution is -2.45. The van der Waals surface area contributed by atoms with E-state index in [0.29, 0.717) is 5.39 Å². The molecule has 0 amide bonds. The van der Waals surface area contributed by atoms with Crippen molar-refractivity contribution in [1.29, 1.82) is 0 Å². The van der Waals surface area contributed by atoms with E-state index in [2.05, 4.69) is 11.2 Å². The monoisotopic (exact) mass is 284 g/mol. The van der Waals surface area contributed by atoms with Gasteiger partial charge in [-0.25, -0.2) is 4.98 Å². The standard InChI is InChI=1S/C15H14N3OS/c19-15-12-6-2-3-7-13(12)16-10-17(15)18-9-11-5-1-4-8-14(11)20-18/h2-3,6-7,9-10H,1,4-5,8H2/q+1. The highest BCUT2D eigenvalue weighted by molar-refractivity contribution is 7.01. The maximum Gasteiger partial charge on any atom is 0.319 e. The highest BCUT2D eigenvalue weighted by Gasteiger charge is 2.22. The highest BCUT2D eigenvalue weighted by atomic mass is 32.1. The molecule has 20 heavy (non-hydrogen) atoms. The molecule has 0 N–H and O–H groups in total. The van der Waals surface area contributed by atoms with E-state index in [9.17, 15) is 4.79 Å². The fourth-order valence-electron chi connectivity index (χ4n) is 2.72. The molecule has 4 nitrogen and oxygen atoms in total. The second-order valence-corrected chi connectivity index (χ2v) is 6.14. The van der Waals surface area contributed by atoms with Crippen LogP contribution in [0.25, 0.3) is 10.9 Å². The smallest absolute Gasteiger partial charge is 0.263 e. The van der Waals surface area contributed by atoms with Crippen LogP contribution in [0.3, 0.4) is 0 Å². The van der Waals surface area contributed by atoms with Gasteiger partial charge in [-0.3, -0.25) is 4.79 Å². The third-order valence-electron chi connectivity index (χ3n) is 3.79. The first-order valence-corrected chi connectivity index (χ1v) is 7.61. The lowest BCUT2D eigenvalue weighted by Gasteiger charge is -2.04. The summed E-state index contributed by atoms with van der Waals surface area (Å²) in [4.78, 5) is 18.3. The Morgan fingerprint density at radius 1 is 1.20 bits per heavy atom. The number of nitrogens with zero attached hydrogens (tertiary/aromatic N) is 3. The molecule has 1 aliphatic rings. The predicted molar refractivity (Wildman–Crippen MR) is 78.0 cm³/mol. The van der Waals surface area contributed by atoms with Crippen LogP contribution in [-0.2, 0) is 12.8 Å². The van der Waals surface area contributed by atoms with Gasteiger partial charge >= 0.3 is 5.56 Å². The van der Waals surface area contributed by atoms with Crippen molar-refractivity contribution in [2.24, 2.45) is 0 Å². The van der Waals surface area contributed by atoms with Gasteiger partial charge in [-0.2, -0.15) is 0 Å². The lowest BCUT2D eigenvalue weighted by atomic mass is 10.0. The SMILES string of the molecule is O=c1c2ccccc2ncn1-[n+]1cc2c(s1)CCCC2. The number of rotatable bonds is 1. The predicted octanol–water partition coefficient (Wildman–Crippen LogP) is 1.94. The van der Waals surface area contributed by atoms with Crippen LogP contribution in [0.4, 0.5) is 0 Å². The van der Waals surface area contributed by atoms with Crippen molar-refractivity contribution in [1.82, 2.24) is 9.66 Å². The molecule has 4 rings (SSSR count). The van der Waals surface area contributed by atoms with Gasteiger partial charge in [0.2, 0.25) is 6.20 Å². The van der Waals surface area contributed by atoms with Crippen LogP contribution < -0.4 is 9.62 Å². The van der Waals surface area contributed by atoms with Crippen molar-refractivity contribution in [3.05, 3.63) is 57.6 Å². The number of fused-ring (bicyclic) bond motifs is 2. The zero-order valence-electron chi connectivity index (χ0n) is 11.0. The van der Waals surface area contributed by atoms with E-state index in [1.165, 1.54) is 23.3 Å². The fraction of sp³-hybridized carbons (Fsp3) is 0.267. The van der Waals surface area contributed by atoms with Gasteiger partial charge < -0.3 is 0 Å². The van der Waals surface area contributed by atoms with Crippen molar-refractivity contribution < 1.29 is 4.07 Å². The zero-order valence-corrected chi connectivity index (χ0v) is 11.8. The molecule has 0 saturated heterocycles. The number of para-hydroxylation sites is 1. The second-order valence-electron chi connectivity index (χ2n) is 5.09. The average molecular weight is 284 g/mol. The number of aromatic nitrogens is 3. The van der Waals surface area contributed by atoms with Crippen molar-refractivity contribution in [2.45, 2.75) is 25.7 Å². The van der Waals surface area contributed by atoms with Gasteiger partial charge in [0.1, 0.15) is 0 Å². The first kappa shape index (κ1) is 11.8. The quantitative estimate of drug-likeness (QED) is 0.641. The Bertz CT molecular complexity index is 826. The first-order chi connectivity index (χ1) is 9.83. The number of aryl methyl sites for hydroxylation is 2. The summed E-state index contributed by atoms with van der Waals surface area (Å²) in [6, 6.07) is 7.47. The number of hydrogen-bond donors (Lipinski definition) is 0. The molecular weight excluding hydrogens is 270 g/mol. The molecule has 0 spiro atoms. The van der Waals surface area contributed by atoms with E-state index in [1.807, 2.05) is 28.3 Å². The van der Waals surface area contributed by atoms with Crippen molar-refractivity contribution in [2.75, 3.05) is 0 Å². The molecule has 0 radical (unpaired) electrons. The Morgan fingerprint density at radius 2 is 2.05 bits per heavy atom. The molecule has 0 aliphatic heterocycles. The van der Waals surface area contributed by atoms with Crippen LogP contribution in [-0.4, -0.2) is 9.66 Å². The number of benzene rings is 1. The molecule has 0 saturated carbocycles. The van der Waals surface area contributed by atoms with Crippen LogP contribution in [0.2, 0.25) is 0 Å². The van der Waals surface area contributed by atoms with Gasteiger partial charge in [0.15, 0.2) is 17.9 Å². The molecule has 2 aromatic heterocycles. The van der Waals surface area contributed by atoms with E-state index in [1.54, 1.807) is 22.5 Å². The molecule has 0 atom stereocenters. The summed E-state index contributed by atoms with van der Waals surface area (Å²) in [5.74, 6) is 0. The molecule has 0 bridgehead atoms. The van der Waals surface area contributed by atoms with Gasteiger partial charge in [0.05, 0.1) is 15.8 Å². The fourth-order valence-corrected chi connectivity index (χ4v) is 3.84. The minimum Gasteiger partial charge on any atom is -0.263 e. The average Bonchev–Trinajstić information content (AvgIpc) is 2.91. The molecule has 2 heterocycles. The van der Waals surface area contributed by atoms with Crippen LogP contribution >= 0.6 is 11.5 Å². The minimum absolute atomic E-state index is 0.0146. The maximum absolute atomic E-state index is 12.6. The Labute approximate surface area is 120 Å². The van der Waals surface area contributed by atoms with E-state index >= 15 is 0 Å². The molecule has 5 heteroatoms. The first-order valence-electron chi connectivity index (χ1n) is 6.84. The van der Waals surface area contributed by atoms with Crippen LogP contribution in [0.5, 0.6) is 0 Å². The zero-order chi connectivity index (χ0) is 13.5. The summed E-state index contributed by atoms with van der Waals surface area (Å²) >= 11 is 1.65. The molecule has 1 aromatic carbocycles. The third-order valence-corrected chi connectivity index (χ3v) is 4.94. The molecule has 0 unspecified atom stereocenters. The summed E-state index contributed by atoms with van der Waals surface area (Å²) in [6.45, 7) is 0. The second kappa shape index (κ2) is 4.52.